The summed E-state index contributed by atoms with van der Waals surface area (Å²) in [6.07, 6.45) is 0. The van der Waals surface area contributed by atoms with Crippen LogP contribution < -0.4 is 5.73 Å². The molecule has 0 aliphatic carbocycles. The minimum absolute atomic E-state index is 0.0614. The zero-order chi connectivity index (χ0) is 12.4. The quantitative estimate of drug-likeness (QED) is 0.884. The summed E-state index contributed by atoms with van der Waals surface area (Å²) in [6.45, 7) is 4.20. The van der Waals surface area contributed by atoms with E-state index in [4.69, 9.17) is 5.73 Å². The number of hydrogen-bond donors (Lipinski definition) is 1. The maximum Gasteiger partial charge on any atom is 0.0557 e. The van der Waals surface area contributed by atoms with Crippen molar-refractivity contribution in [1.29, 1.82) is 0 Å². The molecule has 0 spiro atoms. The Morgan fingerprint density at radius 1 is 0.941 bits per heavy atom. The molecule has 0 saturated heterocycles. The lowest BCUT2D eigenvalue weighted by Gasteiger charge is -2.17. The average molecular weight is 290 g/mol. The fourth-order valence-corrected chi connectivity index (χ4v) is 2.43. The molecule has 0 aromatic heterocycles. The highest BCUT2D eigenvalue weighted by Gasteiger charge is 2.13. The Morgan fingerprint density at radius 3 is 2.29 bits per heavy atom. The smallest absolute Gasteiger partial charge is 0.0557 e. The van der Waals surface area contributed by atoms with Crippen LogP contribution >= 0.6 is 15.9 Å². The first kappa shape index (κ1) is 12.3. The van der Waals surface area contributed by atoms with Crippen molar-refractivity contribution in [1.82, 2.24) is 0 Å². The number of rotatable bonds is 2. The maximum absolute atomic E-state index is 6.37. The van der Waals surface area contributed by atoms with E-state index in [0.717, 1.165) is 4.47 Å². The van der Waals surface area contributed by atoms with E-state index in [1.165, 1.54) is 22.3 Å². The van der Waals surface area contributed by atoms with E-state index in [9.17, 15) is 0 Å². The van der Waals surface area contributed by atoms with Crippen LogP contribution in [0.1, 0.15) is 28.3 Å². The Morgan fingerprint density at radius 2 is 1.59 bits per heavy atom. The molecule has 17 heavy (non-hydrogen) atoms. The Labute approximate surface area is 111 Å². The number of benzene rings is 2. The van der Waals surface area contributed by atoms with Gasteiger partial charge in [-0.25, -0.2) is 0 Å². The van der Waals surface area contributed by atoms with Crippen LogP contribution in [0.25, 0.3) is 0 Å². The fraction of sp³-hybridized carbons (Fsp3) is 0.200. The lowest BCUT2D eigenvalue weighted by atomic mass is 9.93. The monoisotopic (exact) mass is 289 g/mol. The van der Waals surface area contributed by atoms with E-state index in [-0.39, 0.29) is 6.04 Å². The first-order valence-electron chi connectivity index (χ1n) is 5.67. The second-order valence-electron chi connectivity index (χ2n) is 4.34. The molecule has 0 aliphatic heterocycles. The summed E-state index contributed by atoms with van der Waals surface area (Å²) < 4.78 is 1.07. The van der Waals surface area contributed by atoms with Gasteiger partial charge in [0.1, 0.15) is 0 Å². The van der Waals surface area contributed by atoms with Crippen molar-refractivity contribution in [3.05, 3.63) is 69.2 Å². The third-order valence-corrected chi connectivity index (χ3v) is 3.59. The van der Waals surface area contributed by atoms with Crippen molar-refractivity contribution in [3.8, 4) is 0 Å². The number of halogens is 1. The Bertz CT molecular complexity index is 534. The van der Waals surface area contributed by atoms with Gasteiger partial charge in [-0.3, -0.25) is 0 Å². The van der Waals surface area contributed by atoms with Gasteiger partial charge in [0.2, 0.25) is 0 Å². The van der Waals surface area contributed by atoms with E-state index in [1.807, 2.05) is 18.2 Å². The number of aryl methyl sites for hydroxylation is 2. The molecule has 0 heterocycles. The molecule has 1 nitrogen and oxygen atoms in total. The molecule has 2 aromatic rings. The Hall–Kier alpha value is -1.12. The summed E-state index contributed by atoms with van der Waals surface area (Å²) in [5, 5.41) is 0. The van der Waals surface area contributed by atoms with Gasteiger partial charge in [-0.1, -0.05) is 46.3 Å². The van der Waals surface area contributed by atoms with Crippen LogP contribution in [0.3, 0.4) is 0 Å². The van der Waals surface area contributed by atoms with Crippen LogP contribution in [-0.2, 0) is 0 Å². The van der Waals surface area contributed by atoms with Gasteiger partial charge in [0.25, 0.3) is 0 Å². The molecule has 2 heteroatoms. The first-order valence-corrected chi connectivity index (χ1v) is 6.46. The molecule has 0 saturated carbocycles. The molecule has 0 amide bonds. The molecule has 2 rings (SSSR count). The average Bonchev–Trinajstić information content (AvgIpc) is 2.32. The van der Waals surface area contributed by atoms with Gasteiger partial charge in [0, 0.05) is 4.47 Å². The Balaban J connectivity index is 2.47. The van der Waals surface area contributed by atoms with E-state index in [0.29, 0.717) is 0 Å². The minimum atomic E-state index is -0.0614. The summed E-state index contributed by atoms with van der Waals surface area (Å²) in [5.74, 6) is 0. The van der Waals surface area contributed by atoms with Crippen molar-refractivity contribution in [2.75, 3.05) is 0 Å². The van der Waals surface area contributed by atoms with Gasteiger partial charge < -0.3 is 5.73 Å². The molecule has 0 bridgehead atoms. The van der Waals surface area contributed by atoms with Gasteiger partial charge >= 0.3 is 0 Å². The van der Waals surface area contributed by atoms with Crippen LogP contribution in [-0.4, -0.2) is 0 Å². The predicted octanol–water partition coefficient (Wildman–Crippen LogP) is 4.11. The van der Waals surface area contributed by atoms with E-state index in [2.05, 4.69) is 54.0 Å². The fourth-order valence-electron chi connectivity index (χ4n) is 2.05. The van der Waals surface area contributed by atoms with Crippen molar-refractivity contribution >= 4 is 15.9 Å². The zero-order valence-electron chi connectivity index (χ0n) is 10.1. The molecule has 0 radical (unpaired) electrons. The number of nitrogens with two attached hydrogens (primary N) is 1. The van der Waals surface area contributed by atoms with Gasteiger partial charge in [0.15, 0.2) is 0 Å². The van der Waals surface area contributed by atoms with Crippen LogP contribution in [0.4, 0.5) is 0 Å². The van der Waals surface area contributed by atoms with E-state index < -0.39 is 0 Å². The standard InChI is InChI=1S/C15H16BrN/c1-10-5-3-4-6-13(10)15(17)14-9-12(16)8-7-11(14)2/h3-9,15H,17H2,1-2H3. The number of hydrogen-bond acceptors (Lipinski definition) is 1. The van der Waals surface area contributed by atoms with Crippen molar-refractivity contribution in [2.45, 2.75) is 19.9 Å². The third kappa shape index (κ3) is 2.59. The molecule has 1 unspecified atom stereocenters. The lowest BCUT2D eigenvalue weighted by molar-refractivity contribution is 0.851. The second kappa shape index (κ2) is 5.03. The summed E-state index contributed by atoms with van der Waals surface area (Å²) in [5.41, 5.74) is 11.2. The van der Waals surface area contributed by atoms with Gasteiger partial charge in [-0.2, -0.15) is 0 Å². The SMILES string of the molecule is Cc1ccccc1C(N)c1cc(Br)ccc1C. The van der Waals surface area contributed by atoms with Crippen LogP contribution in [0.15, 0.2) is 46.9 Å². The molecule has 0 fully saturated rings. The predicted molar refractivity (Wildman–Crippen MR) is 76.1 cm³/mol. The molecule has 88 valence electrons. The van der Waals surface area contributed by atoms with Crippen LogP contribution in [0, 0.1) is 13.8 Å². The zero-order valence-corrected chi connectivity index (χ0v) is 11.7. The summed E-state index contributed by atoms with van der Waals surface area (Å²) >= 11 is 3.50. The van der Waals surface area contributed by atoms with Crippen molar-refractivity contribution in [3.63, 3.8) is 0 Å². The van der Waals surface area contributed by atoms with Gasteiger partial charge in [-0.05, 0) is 48.2 Å². The maximum atomic E-state index is 6.37. The minimum Gasteiger partial charge on any atom is -0.320 e. The Kier molecular flexibility index (Phi) is 3.65. The topological polar surface area (TPSA) is 26.0 Å². The van der Waals surface area contributed by atoms with Gasteiger partial charge in [-0.15, -0.1) is 0 Å². The van der Waals surface area contributed by atoms with E-state index in [1.54, 1.807) is 0 Å². The summed E-state index contributed by atoms with van der Waals surface area (Å²) in [7, 11) is 0. The third-order valence-electron chi connectivity index (χ3n) is 3.10. The lowest BCUT2D eigenvalue weighted by Crippen LogP contribution is -2.14. The highest BCUT2D eigenvalue weighted by Crippen LogP contribution is 2.27. The highest BCUT2D eigenvalue weighted by molar-refractivity contribution is 9.10. The van der Waals surface area contributed by atoms with E-state index >= 15 is 0 Å². The first-order chi connectivity index (χ1) is 8.09. The second-order valence-corrected chi connectivity index (χ2v) is 5.25. The molecule has 2 N–H and O–H groups in total. The summed E-state index contributed by atoms with van der Waals surface area (Å²) in [6, 6.07) is 14.5. The van der Waals surface area contributed by atoms with Crippen LogP contribution in [0.2, 0.25) is 0 Å². The van der Waals surface area contributed by atoms with Crippen molar-refractivity contribution in [2.24, 2.45) is 5.73 Å². The largest absolute Gasteiger partial charge is 0.320 e. The normalized spacial score (nSPS) is 12.5. The molecular weight excluding hydrogens is 274 g/mol. The van der Waals surface area contributed by atoms with Crippen LogP contribution in [0.5, 0.6) is 0 Å². The molecule has 1 atom stereocenters. The van der Waals surface area contributed by atoms with Crippen molar-refractivity contribution < 1.29 is 0 Å². The molecule has 0 aliphatic rings. The summed E-state index contributed by atoms with van der Waals surface area (Å²) in [4.78, 5) is 0. The highest BCUT2D eigenvalue weighted by atomic mass is 79.9. The molecule has 2 aromatic carbocycles. The molecular formula is C15H16BrN. The van der Waals surface area contributed by atoms with Gasteiger partial charge in [0.05, 0.1) is 6.04 Å².